The van der Waals surface area contributed by atoms with Crippen LogP contribution in [0.5, 0.6) is 0 Å². The number of carbonyl (C=O) groups excluding carboxylic acids is 2. The molecule has 3 atom stereocenters. The van der Waals surface area contributed by atoms with Crippen molar-refractivity contribution in [3.63, 3.8) is 0 Å². The van der Waals surface area contributed by atoms with Gasteiger partial charge in [-0.15, -0.1) is 11.8 Å². The van der Waals surface area contributed by atoms with Crippen molar-refractivity contribution in [3.05, 3.63) is 89.1 Å². The normalized spacial score (nSPS) is 20.8. The van der Waals surface area contributed by atoms with Gasteiger partial charge in [0.2, 0.25) is 5.91 Å². The summed E-state index contributed by atoms with van der Waals surface area (Å²) < 4.78 is 0. The molecule has 2 aliphatic heterocycles. The molecule has 3 heterocycles. The lowest BCUT2D eigenvalue weighted by atomic mass is 9.96. The molecule has 7 heteroatoms. The fraction of sp³-hybridized carbons (Fsp3) is 0.269. The minimum atomic E-state index is -0.217. The summed E-state index contributed by atoms with van der Waals surface area (Å²) in [5, 5.41) is 6.12. The van der Waals surface area contributed by atoms with Crippen LogP contribution in [0.15, 0.2) is 66.9 Å². The zero-order valence-corrected chi connectivity index (χ0v) is 19.4. The molecular formula is C26H26N4O2S. The number of hydrogen-bond acceptors (Lipinski definition) is 5. The molecular weight excluding hydrogens is 432 g/mol. The fourth-order valence-electron chi connectivity index (χ4n) is 4.50. The molecule has 0 saturated carbocycles. The van der Waals surface area contributed by atoms with E-state index in [1.807, 2.05) is 35.2 Å². The molecule has 3 aromatic rings. The third-order valence-electron chi connectivity index (χ3n) is 6.40. The quantitative estimate of drug-likeness (QED) is 0.542. The molecule has 33 heavy (non-hydrogen) atoms. The Hall–Kier alpha value is -3.32. The van der Waals surface area contributed by atoms with Crippen LogP contribution in [0, 0.1) is 0 Å². The molecule has 168 valence electrons. The first-order chi connectivity index (χ1) is 16.0. The Balaban J connectivity index is 1.35. The average Bonchev–Trinajstić information content (AvgIpc) is 3.26. The molecule has 3 unspecified atom stereocenters. The largest absolute Gasteiger partial charge is 0.382 e. The molecule has 0 radical (unpaired) electrons. The van der Waals surface area contributed by atoms with Gasteiger partial charge in [0.15, 0.2) is 0 Å². The SMILES string of the molecule is CC1Nc2ccc(CN3C(=O)c4ccccc4C3SCC(=O)Nc3ccccn3)cc2C1C. The molecule has 0 bridgehead atoms. The van der Waals surface area contributed by atoms with Gasteiger partial charge >= 0.3 is 0 Å². The van der Waals surface area contributed by atoms with Crippen LogP contribution >= 0.6 is 11.8 Å². The maximum Gasteiger partial charge on any atom is 0.255 e. The Morgan fingerprint density at radius 2 is 1.91 bits per heavy atom. The third kappa shape index (κ3) is 4.20. The Morgan fingerprint density at radius 1 is 1.09 bits per heavy atom. The molecule has 0 saturated heterocycles. The number of pyridine rings is 1. The highest BCUT2D eigenvalue weighted by molar-refractivity contribution is 8.00. The summed E-state index contributed by atoms with van der Waals surface area (Å²) >= 11 is 1.46. The van der Waals surface area contributed by atoms with E-state index in [0.29, 0.717) is 29.9 Å². The first-order valence-corrected chi connectivity index (χ1v) is 12.2. The van der Waals surface area contributed by atoms with Crippen LogP contribution in [-0.4, -0.2) is 33.5 Å². The Bertz CT molecular complexity index is 1200. The molecule has 0 spiro atoms. The van der Waals surface area contributed by atoms with Crippen LogP contribution in [0.25, 0.3) is 0 Å². The number of rotatable bonds is 6. The maximum absolute atomic E-state index is 13.3. The highest BCUT2D eigenvalue weighted by atomic mass is 32.2. The summed E-state index contributed by atoms with van der Waals surface area (Å²) in [6.45, 7) is 4.91. The molecule has 0 aliphatic carbocycles. The lowest BCUT2D eigenvalue weighted by Crippen LogP contribution is -2.27. The van der Waals surface area contributed by atoms with Crippen molar-refractivity contribution < 1.29 is 9.59 Å². The maximum atomic E-state index is 13.3. The van der Waals surface area contributed by atoms with Gasteiger partial charge in [0.25, 0.3) is 5.91 Å². The summed E-state index contributed by atoms with van der Waals surface area (Å²) in [5.74, 6) is 1.04. The van der Waals surface area contributed by atoms with E-state index in [2.05, 4.69) is 47.7 Å². The Labute approximate surface area is 197 Å². The molecule has 2 amide bonds. The number of carbonyl (C=O) groups is 2. The standard InChI is InChI=1S/C26H26N4O2S/c1-16-17(2)28-22-11-10-18(13-21(16)22)14-30-25(32)19-7-3-4-8-20(19)26(30)33-15-24(31)29-23-9-5-6-12-27-23/h3-13,16-17,26,28H,14-15H2,1-2H3,(H,27,29,31). The lowest BCUT2D eigenvalue weighted by molar-refractivity contribution is -0.113. The van der Waals surface area contributed by atoms with Crippen LogP contribution in [-0.2, 0) is 11.3 Å². The molecule has 6 nitrogen and oxygen atoms in total. The van der Waals surface area contributed by atoms with E-state index >= 15 is 0 Å². The zero-order valence-electron chi connectivity index (χ0n) is 18.6. The number of nitrogens with one attached hydrogen (secondary N) is 2. The molecule has 2 aliphatic rings. The van der Waals surface area contributed by atoms with Crippen LogP contribution in [0.3, 0.4) is 0 Å². The van der Waals surface area contributed by atoms with Crippen LogP contribution in [0.1, 0.15) is 52.2 Å². The number of benzene rings is 2. The number of thioether (sulfide) groups is 1. The van der Waals surface area contributed by atoms with Gasteiger partial charge in [-0.3, -0.25) is 9.59 Å². The van der Waals surface area contributed by atoms with E-state index in [1.165, 1.54) is 23.0 Å². The highest BCUT2D eigenvalue weighted by Gasteiger charge is 2.37. The van der Waals surface area contributed by atoms with Crippen molar-refractivity contribution in [1.82, 2.24) is 9.88 Å². The minimum absolute atomic E-state index is 0.00766. The predicted molar refractivity (Wildman–Crippen MR) is 132 cm³/mol. The number of hydrogen-bond donors (Lipinski definition) is 2. The van der Waals surface area contributed by atoms with Gasteiger partial charge in [0, 0.05) is 36.0 Å². The van der Waals surface area contributed by atoms with E-state index in [-0.39, 0.29) is 22.9 Å². The molecule has 2 N–H and O–H groups in total. The van der Waals surface area contributed by atoms with E-state index in [1.54, 1.807) is 18.3 Å². The van der Waals surface area contributed by atoms with Gasteiger partial charge in [0.1, 0.15) is 11.2 Å². The van der Waals surface area contributed by atoms with Gasteiger partial charge in [0.05, 0.1) is 5.75 Å². The molecule has 1 aromatic heterocycles. The van der Waals surface area contributed by atoms with Crippen molar-refractivity contribution in [2.75, 3.05) is 16.4 Å². The average molecular weight is 459 g/mol. The summed E-state index contributed by atoms with van der Waals surface area (Å²) in [7, 11) is 0. The van der Waals surface area contributed by atoms with E-state index in [4.69, 9.17) is 0 Å². The van der Waals surface area contributed by atoms with Gasteiger partial charge in [-0.05, 0) is 47.9 Å². The summed E-state index contributed by atoms with van der Waals surface area (Å²) in [6.07, 6.45) is 1.64. The summed E-state index contributed by atoms with van der Waals surface area (Å²) in [6, 6.07) is 19.9. The van der Waals surface area contributed by atoms with E-state index < -0.39 is 0 Å². The van der Waals surface area contributed by atoms with Crippen molar-refractivity contribution in [1.29, 1.82) is 0 Å². The first-order valence-electron chi connectivity index (χ1n) is 11.1. The minimum Gasteiger partial charge on any atom is -0.382 e. The van der Waals surface area contributed by atoms with Gasteiger partial charge in [-0.1, -0.05) is 43.3 Å². The Kier molecular flexibility index (Phi) is 5.81. The Morgan fingerprint density at radius 3 is 2.73 bits per heavy atom. The van der Waals surface area contributed by atoms with Crippen LogP contribution in [0.2, 0.25) is 0 Å². The fourth-order valence-corrected chi connectivity index (χ4v) is 5.61. The second-order valence-electron chi connectivity index (χ2n) is 8.59. The van der Waals surface area contributed by atoms with E-state index in [9.17, 15) is 9.59 Å². The summed E-state index contributed by atoms with van der Waals surface area (Å²) in [4.78, 5) is 31.9. The second kappa shape index (κ2) is 8.90. The number of aromatic nitrogens is 1. The van der Waals surface area contributed by atoms with Crippen molar-refractivity contribution >= 4 is 35.1 Å². The second-order valence-corrected chi connectivity index (χ2v) is 9.66. The van der Waals surface area contributed by atoms with Crippen molar-refractivity contribution in [3.8, 4) is 0 Å². The third-order valence-corrected chi connectivity index (χ3v) is 7.65. The van der Waals surface area contributed by atoms with Crippen molar-refractivity contribution in [2.45, 2.75) is 37.7 Å². The number of fused-ring (bicyclic) bond motifs is 2. The van der Waals surface area contributed by atoms with Gasteiger partial charge in [-0.2, -0.15) is 0 Å². The highest BCUT2D eigenvalue weighted by Crippen LogP contribution is 2.43. The monoisotopic (exact) mass is 458 g/mol. The van der Waals surface area contributed by atoms with Gasteiger partial charge < -0.3 is 15.5 Å². The van der Waals surface area contributed by atoms with Crippen LogP contribution < -0.4 is 10.6 Å². The van der Waals surface area contributed by atoms with Crippen LogP contribution in [0.4, 0.5) is 11.5 Å². The zero-order chi connectivity index (χ0) is 22.9. The van der Waals surface area contributed by atoms with Gasteiger partial charge in [-0.25, -0.2) is 4.98 Å². The number of nitrogens with zero attached hydrogens (tertiary/aromatic N) is 2. The predicted octanol–water partition coefficient (Wildman–Crippen LogP) is 5.03. The van der Waals surface area contributed by atoms with E-state index in [0.717, 1.165) is 11.1 Å². The molecule has 5 rings (SSSR count). The van der Waals surface area contributed by atoms with Crippen molar-refractivity contribution in [2.24, 2.45) is 0 Å². The smallest absolute Gasteiger partial charge is 0.255 e. The molecule has 0 fully saturated rings. The number of amides is 2. The topological polar surface area (TPSA) is 74.3 Å². The number of anilines is 2. The first kappa shape index (κ1) is 21.5. The molecule has 2 aromatic carbocycles. The lowest BCUT2D eigenvalue weighted by Gasteiger charge is -2.25. The summed E-state index contributed by atoms with van der Waals surface area (Å²) in [5.41, 5.74) is 5.24.